The number of rotatable bonds is 3. The SMILES string of the molecule is O=[N+]([O-])c1cc(NC2CCCOC2)ccc1Br. The van der Waals surface area contributed by atoms with Gasteiger partial charge in [0.1, 0.15) is 0 Å². The summed E-state index contributed by atoms with van der Waals surface area (Å²) in [6, 6.07) is 5.29. The van der Waals surface area contributed by atoms with Gasteiger partial charge in [-0.25, -0.2) is 0 Å². The molecular formula is C11H13BrN2O3. The lowest BCUT2D eigenvalue weighted by Gasteiger charge is -2.24. The molecule has 1 aliphatic heterocycles. The zero-order valence-corrected chi connectivity index (χ0v) is 10.8. The molecule has 5 nitrogen and oxygen atoms in total. The lowest BCUT2D eigenvalue weighted by atomic mass is 10.1. The Labute approximate surface area is 107 Å². The highest BCUT2D eigenvalue weighted by Gasteiger charge is 2.16. The summed E-state index contributed by atoms with van der Waals surface area (Å²) < 4.78 is 5.84. The van der Waals surface area contributed by atoms with Crippen LogP contribution in [0.4, 0.5) is 11.4 Å². The molecule has 1 saturated heterocycles. The molecule has 2 rings (SSSR count). The summed E-state index contributed by atoms with van der Waals surface area (Å²) in [6.07, 6.45) is 2.06. The van der Waals surface area contributed by atoms with Crippen LogP contribution in [0.15, 0.2) is 22.7 Å². The molecule has 0 aliphatic carbocycles. The van der Waals surface area contributed by atoms with Gasteiger partial charge in [-0.1, -0.05) is 0 Å². The van der Waals surface area contributed by atoms with Gasteiger partial charge < -0.3 is 10.1 Å². The molecule has 1 atom stereocenters. The second-order valence-electron chi connectivity index (χ2n) is 3.98. The highest BCUT2D eigenvalue weighted by atomic mass is 79.9. The van der Waals surface area contributed by atoms with Crippen molar-refractivity contribution in [1.82, 2.24) is 0 Å². The van der Waals surface area contributed by atoms with E-state index in [0.717, 1.165) is 25.1 Å². The minimum atomic E-state index is -0.396. The Kier molecular flexibility index (Phi) is 3.96. The Hall–Kier alpha value is -1.14. The monoisotopic (exact) mass is 300 g/mol. The van der Waals surface area contributed by atoms with E-state index in [1.165, 1.54) is 0 Å². The largest absolute Gasteiger partial charge is 0.380 e. The Morgan fingerprint density at radius 2 is 2.35 bits per heavy atom. The van der Waals surface area contributed by atoms with Gasteiger partial charge >= 0.3 is 0 Å². The number of nitrogens with one attached hydrogen (secondary N) is 1. The normalized spacial score (nSPS) is 19.9. The fraction of sp³-hybridized carbons (Fsp3) is 0.455. The number of nitro benzene ring substituents is 1. The molecule has 1 unspecified atom stereocenters. The molecule has 0 bridgehead atoms. The molecule has 0 saturated carbocycles. The summed E-state index contributed by atoms with van der Waals surface area (Å²) in [5.41, 5.74) is 0.835. The predicted molar refractivity (Wildman–Crippen MR) is 68.3 cm³/mol. The van der Waals surface area contributed by atoms with Gasteiger partial charge in [-0.05, 0) is 40.9 Å². The quantitative estimate of drug-likeness (QED) is 0.688. The Bertz CT molecular complexity index is 419. The average molecular weight is 301 g/mol. The van der Waals surface area contributed by atoms with Crippen LogP contribution in [0.2, 0.25) is 0 Å². The molecule has 1 aromatic rings. The van der Waals surface area contributed by atoms with Gasteiger partial charge in [0.25, 0.3) is 5.69 Å². The minimum Gasteiger partial charge on any atom is -0.380 e. The predicted octanol–water partition coefficient (Wildman–Crippen LogP) is 2.95. The van der Waals surface area contributed by atoms with Crippen LogP contribution in [0.25, 0.3) is 0 Å². The molecular weight excluding hydrogens is 288 g/mol. The molecule has 0 radical (unpaired) electrons. The Morgan fingerprint density at radius 1 is 1.53 bits per heavy atom. The summed E-state index contributed by atoms with van der Waals surface area (Å²) in [7, 11) is 0. The lowest BCUT2D eigenvalue weighted by Crippen LogP contribution is -2.29. The molecule has 0 amide bonds. The van der Waals surface area contributed by atoms with E-state index in [1.807, 2.05) is 6.07 Å². The van der Waals surface area contributed by atoms with Gasteiger partial charge in [0.15, 0.2) is 0 Å². The molecule has 17 heavy (non-hydrogen) atoms. The van der Waals surface area contributed by atoms with E-state index in [1.54, 1.807) is 12.1 Å². The van der Waals surface area contributed by atoms with Crippen LogP contribution in [-0.4, -0.2) is 24.2 Å². The maximum Gasteiger partial charge on any atom is 0.285 e. The summed E-state index contributed by atoms with van der Waals surface area (Å²) in [6.45, 7) is 1.46. The molecule has 1 heterocycles. The standard InChI is InChI=1S/C11H13BrN2O3/c12-10-4-3-8(6-11(10)14(15)16)13-9-2-1-5-17-7-9/h3-4,6,9,13H,1-2,5,7H2. The molecule has 92 valence electrons. The third-order valence-electron chi connectivity index (χ3n) is 2.67. The van der Waals surface area contributed by atoms with E-state index in [0.29, 0.717) is 11.1 Å². The summed E-state index contributed by atoms with van der Waals surface area (Å²) in [5, 5.41) is 14.0. The summed E-state index contributed by atoms with van der Waals surface area (Å²) >= 11 is 3.16. The van der Waals surface area contributed by atoms with Gasteiger partial charge in [0.05, 0.1) is 16.0 Å². The zero-order chi connectivity index (χ0) is 12.3. The molecule has 1 aliphatic rings. The van der Waals surface area contributed by atoms with E-state index >= 15 is 0 Å². The first kappa shape index (κ1) is 12.3. The first-order chi connectivity index (χ1) is 8.16. The number of nitro groups is 1. The van der Waals surface area contributed by atoms with Gasteiger partial charge in [0, 0.05) is 24.4 Å². The minimum absolute atomic E-state index is 0.0757. The van der Waals surface area contributed by atoms with Gasteiger partial charge in [-0.3, -0.25) is 10.1 Å². The second-order valence-corrected chi connectivity index (χ2v) is 4.84. The molecule has 0 aromatic heterocycles. The van der Waals surface area contributed by atoms with E-state index < -0.39 is 4.92 Å². The van der Waals surface area contributed by atoms with Crippen molar-refractivity contribution in [2.45, 2.75) is 18.9 Å². The van der Waals surface area contributed by atoms with E-state index in [-0.39, 0.29) is 11.7 Å². The van der Waals surface area contributed by atoms with Gasteiger partial charge in [0.2, 0.25) is 0 Å². The zero-order valence-electron chi connectivity index (χ0n) is 9.19. The third-order valence-corrected chi connectivity index (χ3v) is 3.34. The maximum atomic E-state index is 10.8. The first-order valence-electron chi connectivity index (χ1n) is 5.45. The summed E-state index contributed by atoms with van der Waals surface area (Å²) in [5.74, 6) is 0. The van der Waals surface area contributed by atoms with Crippen molar-refractivity contribution in [1.29, 1.82) is 0 Å². The Morgan fingerprint density at radius 3 is 3.00 bits per heavy atom. The van der Waals surface area contributed by atoms with E-state index in [4.69, 9.17) is 4.74 Å². The van der Waals surface area contributed by atoms with Crippen molar-refractivity contribution in [3.63, 3.8) is 0 Å². The van der Waals surface area contributed by atoms with Crippen LogP contribution in [-0.2, 0) is 4.74 Å². The number of hydrogen-bond donors (Lipinski definition) is 1. The number of halogens is 1. The highest BCUT2D eigenvalue weighted by Crippen LogP contribution is 2.28. The van der Waals surface area contributed by atoms with Crippen LogP contribution < -0.4 is 5.32 Å². The average Bonchev–Trinajstić information content (AvgIpc) is 2.32. The van der Waals surface area contributed by atoms with Gasteiger partial charge in [-0.2, -0.15) is 0 Å². The summed E-state index contributed by atoms with van der Waals surface area (Å²) in [4.78, 5) is 10.4. The van der Waals surface area contributed by atoms with E-state index in [9.17, 15) is 10.1 Å². The van der Waals surface area contributed by atoms with Crippen molar-refractivity contribution in [2.24, 2.45) is 0 Å². The molecule has 6 heteroatoms. The fourth-order valence-electron chi connectivity index (χ4n) is 1.83. The van der Waals surface area contributed by atoms with Crippen molar-refractivity contribution in [3.05, 3.63) is 32.8 Å². The van der Waals surface area contributed by atoms with Crippen LogP contribution >= 0.6 is 15.9 Å². The van der Waals surface area contributed by atoms with Crippen molar-refractivity contribution < 1.29 is 9.66 Å². The van der Waals surface area contributed by atoms with Crippen molar-refractivity contribution >= 4 is 27.3 Å². The number of anilines is 1. The smallest absolute Gasteiger partial charge is 0.285 e. The third kappa shape index (κ3) is 3.17. The first-order valence-corrected chi connectivity index (χ1v) is 6.24. The van der Waals surface area contributed by atoms with Crippen LogP contribution in [0.1, 0.15) is 12.8 Å². The van der Waals surface area contributed by atoms with Crippen molar-refractivity contribution in [3.8, 4) is 0 Å². The molecule has 0 spiro atoms. The maximum absolute atomic E-state index is 10.8. The van der Waals surface area contributed by atoms with Crippen LogP contribution in [0.5, 0.6) is 0 Å². The number of benzene rings is 1. The molecule has 1 N–H and O–H groups in total. The molecule has 1 aromatic carbocycles. The second kappa shape index (κ2) is 5.46. The highest BCUT2D eigenvalue weighted by molar-refractivity contribution is 9.10. The topological polar surface area (TPSA) is 64.4 Å². The van der Waals surface area contributed by atoms with Gasteiger partial charge in [-0.15, -0.1) is 0 Å². The number of nitrogens with zero attached hydrogens (tertiary/aromatic N) is 1. The van der Waals surface area contributed by atoms with Crippen LogP contribution in [0.3, 0.4) is 0 Å². The van der Waals surface area contributed by atoms with Crippen molar-refractivity contribution in [2.75, 3.05) is 18.5 Å². The number of ether oxygens (including phenoxy) is 1. The van der Waals surface area contributed by atoms with E-state index in [2.05, 4.69) is 21.2 Å². The lowest BCUT2D eigenvalue weighted by molar-refractivity contribution is -0.385. The Balaban J connectivity index is 2.10. The van der Waals surface area contributed by atoms with Crippen LogP contribution in [0, 0.1) is 10.1 Å². The fourth-order valence-corrected chi connectivity index (χ4v) is 2.22. The molecule has 1 fully saturated rings. The number of hydrogen-bond acceptors (Lipinski definition) is 4.